The Hall–Kier alpha value is -2.62. The van der Waals surface area contributed by atoms with Crippen LogP contribution in [0.5, 0.6) is 0 Å². The summed E-state index contributed by atoms with van der Waals surface area (Å²) in [4.78, 5) is 22.0. The number of anilines is 1. The van der Waals surface area contributed by atoms with Gasteiger partial charge in [0, 0.05) is 7.05 Å². The zero-order chi connectivity index (χ0) is 13.9. The highest BCUT2D eigenvalue weighted by Crippen LogP contribution is 2.30. The molecule has 1 aromatic rings. The molecule has 18 heavy (non-hydrogen) atoms. The number of carbonyl (C=O) groups is 1. The van der Waals surface area contributed by atoms with E-state index in [2.05, 4.69) is 5.92 Å². The van der Waals surface area contributed by atoms with Crippen molar-refractivity contribution in [3.8, 4) is 12.3 Å². The first-order chi connectivity index (χ1) is 8.38. The first-order valence-corrected chi connectivity index (χ1v) is 4.74. The smallest absolute Gasteiger partial charge is 0.338 e. The van der Waals surface area contributed by atoms with Crippen molar-refractivity contribution in [2.24, 2.45) is 0 Å². The Morgan fingerprint density at radius 2 is 2.28 bits per heavy atom. The fourth-order valence-electron chi connectivity index (χ4n) is 1.39. The van der Waals surface area contributed by atoms with E-state index in [0.29, 0.717) is 6.07 Å². The van der Waals surface area contributed by atoms with Crippen LogP contribution in [0.25, 0.3) is 0 Å². The van der Waals surface area contributed by atoms with Gasteiger partial charge in [0.1, 0.15) is 11.5 Å². The molecule has 0 aliphatic rings. The molecule has 0 radical (unpaired) electrons. The minimum atomic E-state index is -1.50. The fraction of sp³-hybridized carbons (Fsp3) is 0.182. The summed E-state index contributed by atoms with van der Waals surface area (Å²) in [5, 5.41) is 19.5. The quantitative estimate of drug-likeness (QED) is 0.498. The molecule has 0 atom stereocenters. The van der Waals surface area contributed by atoms with Gasteiger partial charge < -0.3 is 10.0 Å². The summed E-state index contributed by atoms with van der Waals surface area (Å²) < 4.78 is 13.3. The number of carboxylic acid groups (broad SMARTS) is 1. The number of nitrogens with zero attached hydrogens (tertiary/aromatic N) is 2. The summed E-state index contributed by atoms with van der Waals surface area (Å²) in [6.07, 6.45) is 5.07. The van der Waals surface area contributed by atoms with Gasteiger partial charge in [-0.3, -0.25) is 10.1 Å². The van der Waals surface area contributed by atoms with Crippen LogP contribution in [0.2, 0.25) is 0 Å². The molecule has 7 heteroatoms. The topological polar surface area (TPSA) is 83.7 Å². The largest absolute Gasteiger partial charge is 0.478 e. The molecule has 1 rings (SSSR count). The third-order valence-electron chi connectivity index (χ3n) is 2.23. The van der Waals surface area contributed by atoms with Gasteiger partial charge in [-0.15, -0.1) is 6.42 Å². The third kappa shape index (κ3) is 2.55. The van der Waals surface area contributed by atoms with E-state index in [1.165, 1.54) is 11.9 Å². The molecule has 94 valence electrons. The summed E-state index contributed by atoms with van der Waals surface area (Å²) in [6, 6.07) is 1.47. The van der Waals surface area contributed by atoms with E-state index >= 15 is 0 Å². The Labute approximate surface area is 102 Å². The van der Waals surface area contributed by atoms with E-state index in [0.717, 1.165) is 6.07 Å². The molecule has 1 aromatic carbocycles. The van der Waals surface area contributed by atoms with Crippen LogP contribution in [0.1, 0.15) is 10.4 Å². The highest BCUT2D eigenvalue weighted by molar-refractivity contribution is 5.90. The molecule has 1 N–H and O–H groups in total. The molecule has 0 unspecified atom stereocenters. The lowest BCUT2D eigenvalue weighted by molar-refractivity contribution is -0.384. The molecule has 0 bridgehead atoms. The Morgan fingerprint density at radius 3 is 2.72 bits per heavy atom. The van der Waals surface area contributed by atoms with Crippen LogP contribution in [0.4, 0.5) is 15.8 Å². The lowest BCUT2D eigenvalue weighted by atomic mass is 10.1. The van der Waals surface area contributed by atoms with Crippen molar-refractivity contribution >= 4 is 17.3 Å². The van der Waals surface area contributed by atoms with Crippen molar-refractivity contribution in [1.82, 2.24) is 0 Å². The fourth-order valence-corrected chi connectivity index (χ4v) is 1.39. The number of hydrogen-bond acceptors (Lipinski definition) is 4. The molecular formula is C11H9FN2O4. The predicted molar refractivity (Wildman–Crippen MR) is 62.1 cm³/mol. The predicted octanol–water partition coefficient (Wildman–Crippen LogP) is 1.50. The molecule has 0 saturated heterocycles. The van der Waals surface area contributed by atoms with Crippen LogP contribution in [0, 0.1) is 28.3 Å². The van der Waals surface area contributed by atoms with Crippen molar-refractivity contribution in [3.63, 3.8) is 0 Å². The van der Waals surface area contributed by atoms with Gasteiger partial charge >= 0.3 is 5.97 Å². The van der Waals surface area contributed by atoms with Gasteiger partial charge in [0.05, 0.1) is 23.1 Å². The zero-order valence-electron chi connectivity index (χ0n) is 9.38. The minimum Gasteiger partial charge on any atom is -0.478 e. The molecule has 0 aliphatic heterocycles. The third-order valence-corrected chi connectivity index (χ3v) is 2.23. The van der Waals surface area contributed by atoms with E-state index in [1.54, 1.807) is 0 Å². The van der Waals surface area contributed by atoms with Crippen LogP contribution >= 0.6 is 0 Å². The number of halogens is 1. The molecule has 0 spiro atoms. The van der Waals surface area contributed by atoms with Crippen LogP contribution in [0.15, 0.2) is 12.1 Å². The van der Waals surface area contributed by atoms with Crippen molar-refractivity contribution in [2.75, 3.05) is 18.5 Å². The second-order valence-electron chi connectivity index (χ2n) is 3.44. The Balaban J connectivity index is 3.45. The van der Waals surface area contributed by atoms with E-state index in [4.69, 9.17) is 11.5 Å². The Kier molecular flexibility index (Phi) is 3.84. The van der Waals surface area contributed by atoms with Gasteiger partial charge in [-0.25, -0.2) is 9.18 Å². The van der Waals surface area contributed by atoms with E-state index in [1.807, 2.05) is 0 Å². The average Bonchev–Trinajstić information content (AvgIpc) is 2.28. The second-order valence-corrected chi connectivity index (χ2v) is 3.44. The zero-order valence-corrected chi connectivity index (χ0v) is 9.38. The normalized spacial score (nSPS) is 9.61. The molecule has 0 fully saturated rings. The van der Waals surface area contributed by atoms with E-state index in [-0.39, 0.29) is 12.2 Å². The van der Waals surface area contributed by atoms with Gasteiger partial charge in [-0.1, -0.05) is 5.92 Å². The lowest BCUT2D eigenvalue weighted by Gasteiger charge is -2.16. The average molecular weight is 252 g/mol. The van der Waals surface area contributed by atoms with Gasteiger partial charge in [0.25, 0.3) is 5.69 Å². The maximum atomic E-state index is 13.3. The second kappa shape index (κ2) is 5.14. The monoisotopic (exact) mass is 252 g/mol. The first-order valence-electron chi connectivity index (χ1n) is 4.74. The van der Waals surface area contributed by atoms with Crippen molar-refractivity contribution in [2.45, 2.75) is 0 Å². The molecule has 6 nitrogen and oxygen atoms in total. The summed E-state index contributed by atoms with van der Waals surface area (Å²) in [6.45, 7) is 0.0333. The van der Waals surface area contributed by atoms with Gasteiger partial charge in [-0.05, 0) is 6.07 Å². The van der Waals surface area contributed by atoms with Crippen molar-refractivity contribution in [3.05, 3.63) is 33.6 Å². The first kappa shape index (κ1) is 13.4. The standard InChI is InChI=1S/C11H9FN2O4/c1-3-4-13(2)9-5-7(11(15)16)8(12)6-10(9)14(17)18/h1,5-6H,4H2,2H3,(H,15,16). The molecule has 0 amide bonds. The van der Waals surface area contributed by atoms with Crippen LogP contribution in [-0.4, -0.2) is 29.6 Å². The van der Waals surface area contributed by atoms with E-state index in [9.17, 15) is 19.3 Å². The molecule has 0 saturated carbocycles. The highest BCUT2D eigenvalue weighted by atomic mass is 19.1. The number of carboxylic acids is 1. The lowest BCUT2D eigenvalue weighted by Crippen LogP contribution is -2.19. The number of aromatic carboxylic acids is 1. The van der Waals surface area contributed by atoms with Crippen LogP contribution in [-0.2, 0) is 0 Å². The summed E-state index contributed by atoms with van der Waals surface area (Å²) >= 11 is 0. The maximum absolute atomic E-state index is 13.3. The maximum Gasteiger partial charge on any atom is 0.338 e. The van der Waals surface area contributed by atoms with Gasteiger partial charge in [-0.2, -0.15) is 0 Å². The number of benzene rings is 1. The SMILES string of the molecule is C#CCN(C)c1cc(C(=O)O)c(F)cc1[N+](=O)[O-]. The van der Waals surface area contributed by atoms with Crippen molar-refractivity contribution in [1.29, 1.82) is 0 Å². The molecule has 0 aromatic heterocycles. The number of nitro groups is 1. The number of terminal acetylenes is 1. The molecule has 0 aliphatic carbocycles. The van der Waals surface area contributed by atoms with Gasteiger partial charge in [0.2, 0.25) is 0 Å². The van der Waals surface area contributed by atoms with Gasteiger partial charge in [0.15, 0.2) is 0 Å². The van der Waals surface area contributed by atoms with Crippen LogP contribution < -0.4 is 4.90 Å². The van der Waals surface area contributed by atoms with Crippen molar-refractivity contribution < 1.29 is 19.2 Å². The Bertz CT molecular complexity index is 551. The minimum absolute atomic E-state index is 0.0333. The molecular weight excluding hydrogens is 243 g/mol. The molecule has 0 heterocycles. The summed E-state index contributed by atoms with van der Waals surface area (Å²) in [5.41, 5.74) is -1.22. The number of nitro benzene ring substituents is 1. The highest BCUT2D eigenvalue weighted by Gasteiger charge is 2.23. The van der Waals surface area contributed by atoms with Crippen LogP contribution in [0.3, 0.4) is 0 Å². The van der Waals surface area contributed by atoms with E-state index < -0.39 is 28.0 Å². The summed E-state index contributed by atoms with van der Waals surface area (Å²) in [7, 11) is 1.45. The summed E-state index contributed by atoms with van der Waals surface area (Å²) in [5.74, 6) is -0.405. The number of rotatable bonds is 4. The Morgan fingerprint density at radius 1 is 1.67 bits per heavy atom. The number of hydrogen-bond donors (Lipinski definition) is 1.